The van der Waals surface area contributed by atoms with E-state index in [9.17, 15) is 14.7 Å². The molecular weight excluding hydrogens is 250 g/mol. The molecule has 2 N–H and O–H groups in total. The van der Waals surface area contributed by atoms with E-state index in [1.165, 1.54) is 10.8 Å². The molecule has 1 saturated heterocycles. The summed E-state index contributed by atoms with van der Waals surface area (Å²) < 4.78 is 6.75. The number of hydrogen-bond acceptors (Lipinski definition) is 5. The average molecular weight is 265 g/mol. The maximum absolute atomic E-state index is 11.7. The van der Waals surface area contributed by atoms with Crippen LogP contribution in [-0.2, 0) is 11.2 Å². The Hall–Kier alpha value is -1.91. The Balaban J connectivity index is 2.32. The Labute approximate surface area is 109 Å². The number of ether oxygens (including phenoxy) is 1. The molecule has 1 unspecified atom stereocenters. The first-order valence-corrected chi connectivity index (χ1v) is 6.11. The second-order valence-electron chi connectivity index (χ2n) is 4.47. The summed E-state index contributed by atoms with van der Waals surface area (Å²) in [5.74, 6) is 0. The number of hydrogen-bond donors (Lipinski definition) is 2. The summed E-state index contributed by atoms with van der Waals surface area (Å²) in [5, 5.41) is 18.4. The highest BCUT2D eigenvalue weighted by atomic mass is 16.5. The molecule has 1 aliphatic heterocycles. The predicted octanol–water partition coefficient (Wildman–Crippen LogP) is -0.339. The highest BCUT2D eigenvalue weighted by molar-refractivity contribution is 5.05. The third-order valence-electron chi connectivity index (χ3n) is 3.23. The van der Waals surface area contributed by atoms with Crippen LogP contribution in [0.1, 0.15) is 31.6 Å². The Morgan fingerprint density at radius 2 is 2.37 bits per heavy atom. The third-order valence-corrected chi connectivity index (χ3v) is 3.23. The Kier molecular flexibility index (Phi) is 3.83. The Morgan fingerprint density at radius 1 is 1.63 bits per heavy atom. The Bertz CT molecular complexity index is 613. The fourth-order valence-corrected chi connectivity index (χ4v) is 2.15. The molecule has 1 aliphatic rings. The van der Waals surface area contributed by atoms with Crippen molar-refractivity contribution in [1.29, 1.82) is 5.26 Å². The van der Waals surface area contributed by atoms with Crippen LogP contribution in [0, 0.1) is 11.3 Å². The van der Waals surface area contributed by atoms with E-state index in [4.69, 9.17) is 10.00 Å². The number of rotatable bonds is 3. The molecule has 102 valence electrons. The van der Waals surface area contributed by atoms with E-state index in [-0.39, 0.29) is 12.8 Å². The summed E-state index contributed by atoms with van der Waals surface area (Å²) in [6.07, 6.45) is 0.202. The van der Waals surface area contributed by atoms with Crippen LogP contribution in [-0.4, -0.2) is 26.9 Å². The first-order valence-electron chi connectivity index (χ1n) is 6.11. The van der Waals surface area contributed by atoms with Crippen LogP contribution in [0.4, 0.5) is 0 Å². The maximum Gasteiger partial charge on any atom is 0.330 e. The molecule has 2 rings (SSSR count). The highest BCUT2D eigenvalue weighted by Gasteiger charge is 2.35. The molecule has 7 heteroatoms. The van der Waals surface area contributed by atoms with Gasteiger partial charge in [0.15, 0.2) is 0 Å². The van der Waals surface area contributed by atoms with Gasteiger partial charge in [-0.2, -0.15) is 5.26 Å². The van der Waals surface area contributed by atoms with Gasteiger partial charge in [0, 0.05) is 18.2 Å². The summed E-state index contributed by atoms with van der Waals surface area (Å²) in [6, 6.07) is 1.93. The number of nitriles is 1. The lowest BCUT2D eigenvalue weighted by Crippen LogP contribution is -2.34. The SMILES string of the molecule is CCc1cn([C@@H]2CC(O)[C@H](CC#N)O2)c(=O)[nH]c1=O. The zero-order chi connectivity index (χ0) is 14.0. The minimum Gasteiger partial charge on any atom is -0.390 e. The van der Waals surface area contributed by atoms with Gasteiger partial charge in [-0.05, 0) is 6.42 Å². The second kappa shape index (κ2) is 5.38. The minimum absolute atomic E-state index is 0.0659. The van der Waals surface area contributed by atoms with Crippen LogP contribution in [0.5, 0.6) is 0 Å². The molecule has 19 heavy (non-hydrogen) atoms. The summed E-state index contributed by atoms with van der Waals surface area (Å²) in [4.78, 5) is 25.4. The largest absolute Gasteiger partial charge is 0.390 e. The zero-order valence-corrected chi connectivity index (χ0v) is 10.5. The topological polar surface area (TPSA) is 108 Å². The fraction of sp³-hybridized carbons (Fsp3) is 0.583. The van der Waals surface area contributed by atoms with Gasteiger partial charge in [0.25, 0.3) is 5.56 Å². The van der Waals surface area contributed by atoms with E-state index < -0.39 is 29.7 Å². The van der Waals surface area contributed by atoms with E-state index in [0.717, 1.165) is 0 Å². The number of nitrogens with one attached hydrogen (secondary N) is 1. The van der Waals surface area contributed by atoms with Gasteiger partial charge in [0.2, 0.25) is 0 Å². The van der Waals surface area contributed by atoms with Crippen LogP contribution in [0.25, 0.3) is 0 Å². The van der Waals surface area contributed by atoms with Crippen LogP contribution in [0.3, 0.4) is 0 Å². The lowest BCUT2D eigenvalue weighted by Gasteiger charge is -2.14. The summed E-state index contributed by atoms with van der Waals surface area (Å²) in [6.45, 7) is 1.81. The molecule has 0 radical (unpaired) electrons. The average Bonchev–Trinajstić information content (AvgIpc) is 2.71. The molecule has 1 aromatic rings. The van der Waals surface area contributed by atoms with Gasteiger partial charge in [-0.3, -0.25) is 14.3 Å². The molecule has 2 heterocycles. The second-order valence-corrected chi connectivity index (χ2v) is 4.47. The quantitative estimate of drug-likeness (QED) is 0.777. The van der Waals surface area contributed by atoms with Gasteiger partial charge in [-0.15, -0.1) is 0 Å². The smallest absolute Gasteiger partial charge is 0.330 e. The first-order chi connectivity index (χ1) is 9.06. The number of aromatic amines is 1. The van der Waals surface area contributed by atoms with E-state index >= 15 is 0 Å². The van der Waals surface area contributed by atoms with Gasteiger partial charge in [-0.25, -0.2) is 4.79 Å². The summed E-state index contributed by atoms with van der Waals surface area (Å²) >= 11 is 0. The highest BCUT2D eigenvalue weighted by Crippen LogP contribution is 2.29. The molecule has 0 aromatic carbocycles. The Morgan fingerprint density at radius 3 is 3.00 bits per heavy atom. The maximum atomic E-state index is 11.7. The third kappa shape index (κ3) is 2.59. The fourth-order valence-electron chi connectivity index (χ4n) is 2.15. The van der Waals surface area contributed by atoms with E-state index in [0.29, 0.717) is 12.0 Å². The zero-order valence-electron chi connectivity index (χ0n) is 10.5. The van der Waals surface area contributed by atoms with Gasteiger partial charge < -0.3 is 9.84 Å². The molecule has 0 bridgehead atoms. The predicted molar refractivity (Wildman–Crippen MR) is 65.5 cm³/mol. The van der Waals surface area contributed by atoms with Gasteiger partial charge in [0.05, 0.1) is 24.7 Å². The molecule has 3 atom stereocenters. The first kappa shape index (κ1) is 13.5. The van der Waals surface area contributed by atoms with Crippen molar-refractivity contribution in [2.45, 2.75) is 44.6 Å². The van der Waals surface area contributed by atoms with E-state index in [1.54, 1.807) is 0 Å². The van der Waals surface area contributed by atoms with Crippen molar-refractivity contribution in [2.24, 2.45) is 0 Å². The molecule has 0 spiro atoms. The number of H-pyrrole nitrogens is 1. The van der Waals surface area contributed by atoms with E-state index in [1.807, 2.05) is 13.0 Å². The molecule has 1 fully saturated rings. The molecule has 0 aliphatic carbocycles. The van der Waals surface area contributed by atoms with Crippen molar-refractivity contribution in [2.75, 3.05) is 0 Å². The van der Waals surface area contributed by atoms with Crippen molar-refractivity contribution in [3.63, 3.8) is 0 Å². The van der Waals surface area contributed by atoms with Crippen LogP contribution >= 0.6 is 0 Å². The summed E-state index contributed by atoms with van der Waals surface area (Å²) in [5.41, 5.74) is -0.505. The van der Waals surface area contributed by atoms with Crippen molar-refractivity contribution in [3.8, 4) is 6.07 Å². The normalized spacial score (nSPS) is 26.3. The standard InChI is InChI=1S/C12H15N3O4/c1-2-7-6-15(12(18)14-11(7)17)10-5-8(16)9(19-10)3-4-13/h6,8-10,16H,2-3,5H2,1H3,(H,14,17,18)/t8?,9-,10-/m0/s1. The monoisotopic (exact) mass is 265 g/mol. The number of aliphatic hydroxyl groups excluding tert-OH is 1. The van der Waals surface area contributed by atoms with Gasteiger partial charge in [0.1, 0.15) is 6.23 Å². The van der Waals surface area contributed by atoms with Crippen molar-refractivity contribution in [1.82, 2.24) is 9.55 Å². The van der Waals surface area contributed by atoms with Crippen molar-refractivity contribution < 1.29 is 9.84 Å². The van der Waals surface area contributed by atoms with Crippen LogP contribution < -0.4 is 11.2 Å². The van der Waals surface area contributed by atoms with Crippen LogP contribution in [0.15, 0.2) is 15.8 Å². The number of nitrogens with zero attached hydrogens (tertiary/aromatic N) is 2. The van der Waals surface area contributed by atoms with Gasteiger partial charge in [-0.1, -0.05) is 6.92 Å². The van der Waals surface area contributed by atoms with Crippen molar-refractivity contribution in [3.05, 3.63) is 32.6 Å². The van der Waals surface area contributed by atoms with Crippen molar-refractivity contribution >= 4 is 0 Å². The number of aromatic nitrogens is 2. The lowest BCUT2D eigenvalue weighted by molar-refractivity contribution is -0.0176. The van der Waals surface area contributed by atoms with Crippen LogP contribution in [0.2, 0.25) is 0 Å². The lowest BCUT2D eigenvalue weighted by atomic mass is 10.1. The van der Waals surface area contributed by atoms with E-state index in [2.05, 4.69) is 4.98 Å². The number of aliphatic hydroxyl groups is 1. The molecule has 7 nitrogen and oxygen atoms in total. The summed E-state index contributed by atoms with van der Waals surface area (Å²) in [7, 11) is 0. The molecule has 0 saturated carbocycles. The molecule has 0 amide bonds. The van der Waals surface area contributed by atoms with Gasteiger partial charge >= 0.3 is 5.69 Å². The minimum atomic E-state index is -0.784. The molecular formula is C12H15N3O4. The number of aryl methyl sites for hydroxylation is 1. The molecule has 1 aromatic heterocycles.